The van der Waals surface area contributed by atoms with Gasteiger partial charge in [0.1, 0.15) is 0 Å². The second-order valence-corrected chi connectivity index (χ2v) is 9.16. The van der Waals surface area contributed by atoms with Crippen LogP contribution >= 0.6 is 23.1 Å². The monoisotopic (exact) mass is 395 g/mol. The molecule has 3 aliphatic rings. The number of hydrogen-bond donors (Lipinski definition) is 2. The number of hydrogen-bond acceptors (Lipinski definition) is 7. The van der Waals surface area contributed by atoms with E-state index in [1.165, 1.54) is 56.5 Å². The van der Waals surface area contributed by atoms with E-state index in [1.54, 1.807) is 11.8 Å². The highest BCUT2D eigenvalue weighted by Gasteiger charge is 2.33. The zero-order valence-corrected chi connectivity index (χ0v) is 16.8. The molecule has 0 aliphatic carbocycles. The van der Waals surface area contributed by atoms with E-state index < -0.39 is 0 Å². The maximum absolute atomic E-state index is 12.3. The first kappa shape index (κ1) is 18.2. The summed E-state index contributed by atoms with van der Waals surface area (Å²) < 4.78 is 0. The smallest absolute Gasteiger partial charge is 0.300 e. The van der Waals surface area contributed by atoms with Crippen LogP contribution in [0.1, 0.15) is 37.7 Å². The quantitative estimate of drug-likeness (QED) is 0.604. The summed E-state index contributed by atoms with van der Waals surface area (Å²) in [7, 11) is 0. The van der Waals surface area contributed by atoms with Gasteiger partial charge >= 0.3 is 5.00 Å². The molecular weight excluding hydrogens is 368 g/mol. The van der Waals surface area contributed by atoms with Crippen LogP contribution in [0.2, 0.25) is 0 Å². The van der Waals surface area contributed by atoms with E-state index >= 15 is 0 Å². The standard InChI is InChI=1S/C17H27N6OS2/c1-13-7-12-25-15(13)23(24)20-16-18-19-17(26-16)22-10-5-14(6-11-22)21-8-3-2-4-9-21/h7,12,14,17,19H,2-6,8-11H2,1H3,(H,18,20,24)/q+1. The molecule has 2 saturated heterocycles. The summed E-state index contributed by atoms with van der Waals surface area (Å²) in [4.78, 5) is 18.2. The summed E-state index contributed by atoms with van der Waals surface area (Å²) in [6.07, 6.45) is 6.57. The van der Waals surface area contributed by atoms with Crippen molar-refractivity contribution in [2.75, 3.05) is 26.2 Å². The molecule has 0 bridgehead atoms. The number of hydrazine groups is 1. The zero-order chi connectivity index (χ0) is 17.9. The van der Waals surface area contributed by atoms with Gasteiger partial charge in [-0.2, -0.15) is 0 Å². The minimum absolute atomic E-state index is 0.123. The van der Waals surface area contributed by atoms with Gasteiger partial charge in [-0.15, -0.1) is 5.10 Å². The second-order valence-electron chi connectivity index (χ2n) is 7.19. The molecule has 0 spiro atoms. The summed E-state index contributed by atoms with van der Waals surface area (Å²) in [5.74, 6) is 0. The van der Waals surface area contributed by atoms with Crippen molar-refractivity contribution in [2.24, 2.45) is 5.10 Å². The fraction of sp³-hybridized carbons (Fsp3) is 0.706. The van der Waals surface area contributed by atoms with Gasteiger partial charge in [-0.25, -0.2) is 0 Å². The summed E-state index contributed by atoms with van der Waals surface area (Å²) in [6.45, 7) is 6.66. The maximum Gasteiger partial charge on any atom is 0.350 e. The molecule has 0 saturated carbocycles. The normalized spacial score (nSPS) is 25.7. The van der Waals surface area contributed by atoms with Crippen LogP contribution in [0.5, 0.6) is 0 Å². The van der Waals surface area contributed by atoms with Crippen molar-refractivity contribution in [1.29, 1.82) is 0 Å². The largest absolute Gasteiger partial charge is 0.350 e. The lowest BCUT2D eigenvalue weighted by Gasteiger charge is -2.41. The van der Waals surface area contributed by atoms with E-state index in [0.29, 0.717) is 10.2 Å². The molecule has 0 aromatic carbocycles. The van der Waals surface area contributed by atoms with Gasteiger partial charge in [0, 0.05) is 24.7 Å². The lowest BCUT2D eigenvalue weighted by Crippen LogP contribution is -2.50. The van der Waals surface area contributed by atoms with Crippen LogP contribution in [0, 0.1) is 11.8 Å². The van der Waals surface area contributed by atoms with Gasteiger partial charge < -0.3 is 4.90 Å². The Morgan fingerprint density at radius 3 is 2.65 bits per heavy atom. The molecule has 1 atom stereocenters. The van der Waals surface area contributed by atoms with E-state index in [2.05, 4.69) is 25.8 Å². The SMILES string of the molecule is Cc1ccsc1[N+](=O)NC1=NNC(N2CCC(N3CCCCC3)CC2)S1. The molecule has 0 amide bonds. The number of amidine groups is 1. The zero-order valence-electron chi connectivity index (χ0n) is 15.2. The highest BCUT2D eigenvalue weighted by Crippen LogP contribution is 2.28. The first-order chi connectivity index (χ1) is 12.7. The Bertz CT molecular complexity index is 664. The Kier molecular flexibility index (Phi) is 5.78. The maximum atomic E-state index is 12.3. The summed E-state index contributed by atoms with van der Waals surface area (Å²) in [5, 5.41) is 7.55. The molecule has 9 heteroatoms. The third kappa shape index (κ3) is 4.05. The van der Waals surface area contributed by atoms with Gasteiger partial charge in [-0.1, -0.05) is 23.2 Å². The number of likely N-dealkylation sites (tertiary alicyclic amines) is 2. The van der Waals surface area contributed by atoms with E-state index in [-0.39, 0.29) is 5.50 Å². The van der Waals surface area contributed by atoms with Gasteiger partial charge in [0.15, 0.2) is 10.4 Å². The molecule has 1 unspecified atom stereocenters. The molecule has 1 aromatic heterocycles. The first-order valence-corrected chi connectivity index (χ1v) is 11.2. The van der Waals surface area contributed by atoms with Crippen LogP contribution < -0.4 is 10.9 Å². The molecule has 1 aromatic rings. The third-order valence-electron chi connectivity index (χ3n) is 5.45. The van der Waals surface area contributed by atoms with Crippen molar-refractivity contribution in [3.8, 4) is 0 Å². The van der Waals surface area contributed by atoms with E-state index in [1.807, 2.05) is 18.4 Å². The van der Waals surface area contributed by atoms with Gasteiger partial charge in [-0.3, -0.25) is 10.3 Å². The minimum atomic E-state index is 0.123. The predicted molar refractivity (Wildman–Crippen MR) is 107 cm³/mol. The number of nitrogens with zero attached hydrogens (tertiary/aromatic N) is 4. The molecule has 2 fully saturated rings. The predicted octanol–water partition coefficient (Wildman–Crippen LogP) is 2.81. The number of thioether (sulfide) groups is 1. The third-order valence-corrected chi connectivity index (χ3v) is 7.47. The summed E-state index contributed by atoms with van der Waals surface area (Å²) >= 11 is 3.02. The van der Waals surface area contributed by atoms with Crippen LogP contribution in [0.4, 0.5) is 5.00 Å². The number of nitroso groups, excluding NO2 is 1. The molecule has 26 heavy (non-hydrogen) atoms. The van der Waals surface area contributed by atoms with Crippen LogP contribution in [-0.2, 0) is 0 Å². The lowest BCUT2D eigenvalue weighted by atomic mass is 10.0. The first-order valence-electron chi connectivity index (χ1n) is 9.47. The van der Waals surface area contributed by atoms with Crippen molar-refractivity contribution in [3.63, 3.8) is 0 Å². The lowest BCUT2D eigenvalue weighted by molar-refractivity contribution is -0.504. The Morgan fingerprint density at radius 1 is 1.19 bits per heavy atom. The van der Waals surface area contributed by atoms with Crippen molar-refractivity contribution >= 4 is 33.3 Å². The average Bonchev–Trinajstić information content (AvgIpc) is 3.31. The number of piperidine rings is 2. The molecule has 3 aliphatic heterocycles. The van der Waals surface area contributed by atoms with Crippen LogP contribution in [0.3, 0.4) is 0 Å². The van der Waals surface area contributed by atoms with Crippen LogP contribution in [0.15, 0.2) is 16.5 Å². The fourth-order valence-electron chi connectivity index (χ4n) is 3.96. The molecule has 7 nitrogen and oxygen atoms in total. The topological polar surface area (TPSA) is 63.0 Å². The Hall–Kier alpha value is -1.16. The van der Waals surface area contributed by atoms with Crippen molar-refractivity contribution in [2.45, 2.75) is 50.6 Å². The Balaban J connectivity index is 1.24. The van der Waals surface area contributed by atoms with Gasteiger partial charge in [0.25, 0.3) is 0 Å². The van der Waals surface area contributed by atoms with Crippen molar-refractivity contribution < 1.29 is 4.87 Å². The van der Waals surface area contributed by atoms with Gasteiger partial charge in [0.05, 0.1) is 4.91 Å². The van der Waals surface area contributed by atoms with E-state index in [0.717, 1.165) is 29.6 Å². The highest BCUT2D eigenvalue weighted by atomic mass is 32.2. The van der Waals surface area contributed by atoms with Gasteiger partial charge in [-0.05, 0) is 68.9 Å². The highest BCUT2D eigenvalue weighted by molar-refractivity contribution is 8.14. The molecule has 4 heterocycles. The summed E-state index contributed by atoms with van der Waals surface area (Å²) in [6, 6.07) is 2.69. The molecule has 2 N–H and O–H groups in total. The molecule has 0 radical (unpaired) electrons. The molecule has 4 rings (SSSR count). The van der Waals surface area contributed by atoms with Gasteiger partial charge in [0.2, 0.25) is 5.17 Å². The van der Waals surface area contributed by atoms with Crippen LogP contribution in [0.25, 0.3) is 0 Å². The number of rotatable bonds is 4. The van der Waals surface area contributed by atoms with E-state index in [9.17, 15) is 4.91 Å². The molecular formula is C17H27N6OS2+. The fourth-order valence-corrected chi connectivity index (χ4v) is 5.67. The number of thiophene rings is 1. The van der Waals surface area contributed by atoms with E-state index in [4.69, 9.17) is 0 Å². The molecule has 142 valence electrons. The minimum Gasteiger partial charge on any atom is -0.300 e. The number of nitrogens with one attached hydrogen (secondary N) is 2. The Labute approximate surface area is 162 Å². The average molecular weight is 396 g/mol. The number of aryl methyl sites for hydroxylation is 1. The summed E-state index contributed by atoms with van der Waals surface area (Å²) in [5.41, 5.74) is 7.13. The van der Waals surface area contributed by atoms with Crippen molar-refractivity contribution in [3.05, 3.63) is 21.9 Å². The van der Waals surface area contributed by atoms with Crippen LogP contribution in [-0.4, -0.2) is 57.6 Å². The number of hydrazone groups is 1. The Morgan fingerprint density at radius 2 is 1.96 bits per heavy atom. The second kappa shape index (κ2) is 8.24. The van der Waals surface area contributed by atoms with Crippen molar-refractivity contribution in [1.82, 2.24) is 20.7 Å².